The van der Waals surface area contributed by atoms with Crippen molar-refractivity contribution in [3.05, 3.63) is 0 Å². The number of halogens is 2. The van der Waals surface area contributed by atoms with E-state index in [0.29, 0.717) is 10.5 Å². The van der Waals surface area contributed by atoms with Crippen LogP contribution in [0.15, 0.2) is 0 Å². The van der Waals surface area contributed by atoms with Gasteiger partial charge in [-0.25, -0.2) is 0 Å². The van der Waals surface area contributed by atoms with Gasteiger partial charge >= 0.3 is 0 Å². The van der Waals surface area contributed by atoms with Crippen molar-refractivity contribution in [3.8, 4) is 0 Å². The predicted octanol–water partition coefficient (Wildman–Crippen LogP) is 3.84. The highest BCUT2D eigenvalue weighted by Crippen LogP contribution is 2.80. The Morgan fingerprint density at radius 3 is 2.20 bits per heavy atom. The Balaban J connectivity index is 1.84. The van der Waals surface area contributed by atoms with Crippen LogP contribution in [0.4, 0.5) is 0 Å². The lowest BCUT2D eigenvalue weighted by atomic mass is 10.1. The third-order valence-electron chi connectivity index (χ3n) is 4.80. The lowest BCUT2D eigenvalue weighted by Gasteiger charge is -2.37. The van der Waals surface area contributed by atoms with Gasteiger partial charge in [0.15, 0.2) is 0 Å². The van der Waals surface area contributed by atoms with E-state index in [-0.39, 0.29) is 7.80 Å². The molecule has 0 radical (unpaired) electrons. The minimum Gasteiger partial charge on any atom is -0.148 e. The maximum Gasteiger partial charge on any atom is 0.229 e. The molecule has 0 aliphatic heterocycles. The molecular formula is C11H18BClIP. The second-order valence-electron chi connectivity index (χ2n) is 6.41. The topological polar surface area (TPSA) is 0 Å². The molecule has 0 spiro atoms. The Bertz CT molecular complexity index is 293. The van der Waals surface area contributed by atoms with Crippen molar-refractivity contribution in [1.82, 2.24) is 0 Å². The lowest BCUT2D eigenvalue weighted by Crippen LogP contribution is -2.26. The molecule has 0 aromatic rings. The Morgan fingerprint density at radius 2 is 1.93 bits per heavy atom. The Morgan fingerprint density at radius 1 is 1.27 bits per heavy atom. The standard InChI is InChI=1S/C11H18BClIP/c1-11(2,3)15(12-14)10-6-4-5-7(8(5)10)9(6)13/h5-10,12H,4H2,1-3H3. The molecule has 84 valence electrons. The monoisotopic (exact) mass is 354 g/mol. The molecule has 0 aromatic carbocycles. The van der Waals surface area contributed by atoms with Gasteiger partial charge in [0.2, 0.25) is 4.86 Å². The average Bonchev–Trinajstić information content (AvgIpc) is 2.45. The first kappa shape index (κ1) is 11.6. The normalized spacial score (nSPS) is 53.1. The third-order valence-corrected chi connectivity index (χ3v) is 11.0. The number of alkyl halides is 1. The third kappa shape index (κ3) is 1.50. The van der Waals surface area contributed by atoms with Gasteiger partial charge in [-0.2, -0.15) is 0 Å². The molecule has 7 atom stereocenters. The van der Waals surface area contributed by atoms with Crippen molar-refractivity contribution < 1.29 is 0 Å². The van der Waals surface area contributed by atoms with Gasteiger partial charge in [-0.3, -0.25) is 0 Å². The molecule has 0 aromatic heterocycles. The van der Waals surface area contributed by atoms with Crippen LogP contribution >= 0.6 is 41.8 Å². The summed E-state index contributed by atoms with van der Waals surface area (Å²) in [4.78, 5) is 1.37. The molecule has 4 rings (SSSR count). The zero-order chi connectivity index (χ0) is 11.0. The zero-order valence-electron chi connectivity index (χ0n) is 9.58. The molecule has 0 N–H and O–H groups in total. The number of hydrogen-bond donors (Lipinski definition) is 0. The van der Waals surface area contributed by atoms with E-state index in [1.807, 2.05) is 0 Å². The first-order valence-corrected chi connectivity index (χ1v) is 9.49. The fourth-order valence-corrected chi connectivity index (χ4v) is 12.3. The maximum atomic E-state index is 6.55. The molecule has 4 fully saturated rings. The Kier molecular flexibility index (Phi) is 2.71. The summed E-state index contributed by atoms with van der Waals surface area (Å²) in [6.07, 6.45) is 1.47. The van der Waals surface area contributed by atoms with Gasteiger partial charge < -0.3 is 0 Å². The summed E-state index contributed by atoms with van der Waals surface area (Å²) >= 11 is 9.16. The van der Waals surface area contributed by atoms with E-state index >= 15 is 0 Å². The highest BCUT2D eigenvalue weighted by atomic mass is 127. The molecule has 4 aliphatic rings. The van der Waals surface area contributed by atoms with E-state index in [4.69, 9.17) is 11.6 Å². The second kappa shape index (κ2) is 3.51. The summed E-state index contributed by atoms with van der Waals surface area (Å²) < 4.78 is 0. The largest absolute Gasteiger partial charge is 0.229 e. The van der Waals surface area contributed by atoms with Gasteiger partial charge in [-0.05, 0) is 40.9 Å². The van der Waals surface area contributed by atoms with Gasteiger partial charge in [0.25, 0.3) is 0 Å². The van der Waals surface area contributed by atoms with Crippen LogP contribution < -0.4 is 0 Å². The molecule has 0 nitrogen and oxygen atoms in total. The van der Waals surface area contributed by atoms with Crippen molar-refractivity contribution >= 4 is 46.6 Å². The van der Waals surface area contributed by atoms with Gasteiger partial charge in [-0.15, -0.1) is 41.8 Å². The second-order valence-corrected chi connectivity index (χ2v) is 12.1. The zero-order valence-corrected chi connectivity index (χ0v) is 13.4. The van der Waals surface area contributed by atoms with Crippen molar-refractivity contribution in [2.45, 2.75) is 43.4 Å². The predicted molar refractivity (Wildman–Crippen MR) is 79.8 cm³/mol. The summed E-state index contributed by atoms with van der Waals surface area (Å²) in [5.74, 6) is 3.94. The summed E-state index contributed by atoms with van der Waals surface area (Å²) in [6, 6.07) is 0. The van der Waals surface area contributed by atoms with Crippen LogP contribution in [0, 0.1) is 23.7 Å². The van der Waals surface area contributed by atoms with Gasteiger partial charge in [0.1, 0.15) is 0 Å². The molecule has 4 heteroatoms. The molecule has 4 saturated carbocycles. The number of hydrogen-bond acceptors (Lipinski definition) is 0. The van der Waals surface area contributed by atoms with E-state index in [9.17, 15) is 0 Å². The first-order chi connectivity index (χ1) is 6.96. The van der Waals surface area contributed by atoms with Crippen molar-refractivity contribution in [3.63, 3.8) is 0 Å². The molecule has 15 heavy (non-hydrogen) atoms. The minimum absolute atomic E-state index is 0.180. The SMILES string of the molecule is CC(C)(C)P(BI)C1C2CC3C(C2Cl)C31. The Hall–Kier alpha value is 1.51. The summed E-state index contributed by atoms with van der Waals surface area (Å²) in [5, 5.41) is 1.09. The van der Waals surface area contributed by atoms with E-state index < -0.39 is 0 Å². The van der Waals surface area contributed by atoms with Crippen LogP contribution in [0.3, 0.4) is 0 Å². The van der Waals surface area contributed by atoms with Crippen LogP contribution in [0.1, 0.15) is 27.2 Å². The van der Waals surface area contributed by atoms with E-state index in [0.717, 1.165) is 29.3 Å². The molecule has 7 unspecified atom stereocenters. The van der Waals surface area contributed by atoms with Crippen molar-refractivity contribution in [2.24, 2.45) is 23.7 Å². The quantitative estimate of drug-likeness (QED) is 0.306. The van der Waals surface area contributed by atoms with E-state index in [1.54, 1.807) is 0 Å². The van der Waals surface area contributed by atoms with Crippen molar-refractivity contribution in [2.75, 3.05) is 0 Å². The van der Waals surface area contributed by atoms with Crippen LogP contribution in [0.2, 0.25) is 0 Å². The fourth-order valence-electron chi connectivity index (χ4n) is 4.16. The van der Waals surface area contributed by atoms with Crippen LogP contribution in [-0.2, 0) is 0 Å². The molecule has 0 heterocycles. The van der Waals surface area contributed by atoms with E-state index in [1.165, 1.54) is 11.3 Å². The average molecular weight is 354 g/mol. The highest BCUT2D eigenvalue weighted by Gasteiger charge is 2.74. The number of rotatable bonds is 2. The minimum atomic E-state index is 0.180. The van der Waals surface area contributed by atoms with Gasteiger partial charge in [0.05, 0.1) is 0 Å². The van der Waals surface area contributed by atoms with E-state index in [2.05, 4.69) is 43.1 Å². The summed E-state index contributed by atoms with van der Waals surface area (Å²) in [7, 11) is 0.180. The molecule has 0 saturated heterocycles. The highest BCUT2D eigenvalue weighted by molar-refractivity contribution is 14.1. The Labute approximate surface area is 113 Å². The summed E-state index contributed by atoms with van der Waals surface area (Å²) in [5.41, 5.74) is 1.02. The molecular weight excluding hydrogens is 336 g/mol. The van der Waals surface area contributed by atoms with Crippen molar-refractivity contribution in [1.29, 1.82) is 0 Å². The fraction of sp³-hybridized carbons (Fsp3) is 1.00. The molecule has 4 bridgehead atoms. The molecule has 4 aliphatic carbocycles. The van der Waals surface area contributed by atoms with Gasteiger partial charge in [-0.1, -0.05) is 20.8 Å². The van der Waals surface area contributed by atoms with Crippen LogP contribution in [-0.4, -0.2) is 21.0 Å². The maximum absolute atomic E-state index is 6.55. The smallest absolute Gasteiger partial charge is 0.148 e. The summed E-state index contributed by atoms with van der Waals surface area (Å²) in [6.45, 7) is 7.31. The van der Waals surface area contributed by atoms with Crippen LogP contribution in [0.25, 0.3) is 0 Å². The lowest BCUT2D eigenvalue weighted by molar-refractivity contribution is 0.609. The molecule has 0 amide bonds. The first-order valence-electron chi connectivity index (χ1n) is 5.93. The van der Waals surface area contributed by atoms with Gasteiger partial charge in [0, 0.05) is 5.38 Å². The van der Waals surface area contributed by atoms with Crippen LogP contribution in [0.5, 0.6) is 0 Å².